The molecule has 0 saturated heterocycles. The van der Waals surface area contributed by atoms with Crippen molar-refractivity contribution in [1.29, 1.82) is 0 Å². The van der Waals surface area contributed by atoms with Crippen LogP contribution in [0.4, 0.5) is 5.69 Å². The molecule has 0 aliphatic rings. The smallest absolute Gasteiger partial charge is 0.343 e. The van der Waals surface area contributed by atoms with Gasteiger partial charge in [0, 0.05) is 10.2 Å². The number of nitrogens with zero attached hydrogens (tertiary/aromatic N) is 1. The van der Waals surface area contributed by atoms with Crippen molar-refractivity contribution in [3.63, 3.8) is 0 Å². The number of esters is 1. The third kappa shape index (κ3) is 7.29. The highest BCUT2D eigenvalue weighted by atomic mass is 79.9. The number of hydrogen-bond acceptors (Lipinski definition) is 6. The summed E-state index contributed by atoms with van der Waals surface area (Å²) in [4.78, 5) is 36.0. The Morgan fingerprint density at radius 1 is 0.879 bits per heavy atom. The molecule has 9 heteroatoms. The first-order valence-electron chi connectivity index (χ1n) is 9.89. The summed E-state index contributed by atoms with van der Waals surface area (Å²) in [5, 5.41) is 6.23. The molecular formula is C24H20BrN3O5. The number of carbonyl (C=O) groups excluding carboxylic acids is 3. The van der Waals surface area contributed by atoms with Crippen LogP contribution in [0.3, 0.4) is 0 Å². The highest BCUT2D eigenvalue weighted by Crippen LogP contribution is 2.17. The van der Waals surface area contributed by atoms with Crippen molar-refractivity contribution < 1.29 is 23.9 Å². The van der Waals surface area contributed by atoms with Gasteiger partial charge in [-0.3, -0.25) is 9.59 Å². The maximum absolute atomic E-state index is 12.2. The Labute approximate surface area is 198 Å². The SMILES string of the molecule is CCOc1ccc(C(=O)Oc2ccc(C=NNC(=O)C(=O)Nc3ccc(Br)cc3)cc2)cc1. The number of amides is 2. The van der Waals surface area contributed by atoms with Crippen LogP contribution in [0.5, 0.6) is 11.5 Å². The van der Waals surface area contributed by atoms with E-state index in [1.807, 2.05) is 6.92 Å². The summed E-state index contributed by atoms with van der Waals surface area (Å²) in [5.74, 6) is -1.22. The number of rotatable bonds is 7. The van der Waals surface area contributed by atoms with Crippen molar-refractivity contribution in [2.75, 3.05) is 11.9 Å². The number of benzene rings is 3. The number of ether oxygens (including phenoxy) is 2. The van der Waals surface area contributed by atoms with E-state index in [-0.39, 0.29) is 0 Å². The van der Waals surface area contributed by atoms with Crippen molar-refractivity contribution in [2.45, 2.75) is 6.92 Å². The summed E-state index contributed by atoms with van der Waals surface area (Å²) in [6.07, 6.45) is 1.36. The lowest BCUT2D eigenvalue weighted by Gasteiger charge is -2.06. The number of nitrogens with one attached hydrogen (secondary N) is 2. The average Bonchev–Trinajstić information content (AvgIpc) is 2.82. The van der Waals surface area contributed by atoms with Gasteiger partial charge in [-0.25, -0.2) is 10.2 Å². The van der Waals surface area contributed by atoms with Gasteiger partial charge >= 0.3 is 17.8 Å². The van der Waals surface area contributed by atoms with E-state index in [1.165, 1.54) is 6.21 Å². The molecule has 2 N–H and O–H groups in total. The Morgan fingerprint density at radius 3 is 2.15 bits per heavy atom. The van der Waals surface area contributed by atoms with Gasteiger partial charge < -0.3 is 14.8 Å². The van der Waals surface area contributed by atoms with E-state index in [4.69, 9.17) is 9.47 Å². The van der Waals surface area contributed by atoms with Gasteiger partial charge in [-0.15, -0.1) is 0 Å². The summed E-state index contributed by atoms with van der Waals surface area (Å²) >= 11 is 3.29. The first kappa shape index (κ1) is 23.7. The van der Waals surface area contributed by atoms with E-state index in [0.29, 0.717) is 34.9 Å². The lowest BCUT2D eigenvalue weighted by atomic mass is 10.2. The zero-order valence-corrected chi connectivity index (χ0v) is 19.2. The molecule has 0 fully saturated rings. The van der Waals surface area contributed by atoms with Crippen LogP contribution in [0.25, 0.3) is 0 Å². The number of hydrogen-bond donors (Lipinski definition) is 2. The van der Waals surface area contributed by atoms with Gasteiger partial charge in [-0.2, -0.15) is 5.10 Å². The maximum Gasteiger partial charge on any atom is 0.343 e. The Balaban J connectivity index is 1.49. The summed E-state index contributed by atoms with van der Waals surface area (Å²) in [7, 11) is 0. The van der Waals surface area contributed by atoms with E-state index < -0.39 is 17.8 Å². The Hall–Kier alpha value is -3.98. The lowest BCUT2D eigenvalue weighted by molar-refractivity contribution is -0.136. The zero-order chi connectivity index (χ0) is 23.6. The summed E-state index contributed by atoms with van der Waals surface area (Å²) in [6, 6.07) is 19.9. The second kappa shape index (κ2) is 11.6. The molecule has 3 aromatic carbocycles. The maximum atomic E-state index is 12.2. The molecule has 0 radical (unpaired) electrons. The molecule has 0 spiro atoms. The van der Waals surface area contributed by atoms with Crippen LogP contribution < -0.4 is 20.2 Å². The van der Waals surface area contributed by atoms with Crippen molar-refractivity contribution in [3.8, 4) is 11.5 Å². The van der Waals surface area contributed by atoms with Crippen LogP contribution in [-0.2, 0) is 9.59 Å². The molecule has 0 aliphatic heterocycles. The quantitative estimate of drug-likeness (QED) is 0.163. The third-order valence-electron chi connectivity index (χ3n) is 4.18. The highest BCUT2D eigenvalue weighted by Gasteiger charge is 2.13. The topological polar surface area (TPSA) is 106 Å². The van der Waals surface area contributed by atoms with Crippen molar-refractivity contribution in [1.82, 2.24) is 5.43 Å². The molecule has 33 heavy (non-hydrogen) atoms. The fourth-order valence-corrected chi connectivity index (χ4v) is 2.84. The zero-order valence-electron chi connectivity index (χ0n) is 17.6. The summed E-state index contributed by atoms with van der Waals surface area (Å²) < 4.78 is 11.5. The predicted octanol–water partition coefficient (Wildman–Crippen LogP) is 4.16. The fourth-order valence-electron chi connectivity index (χ4n) is 2.58. The molecule has 0 saturated carbocycles. The molecule has 0 aromatic heterocycles. The average molecular weight is 510 g/mol. The van der Waals surface area contributed by atoms with Gasteiger partial charge in [0.1, 0.15) is 11.5 Å². The van der Waals surface area contributed by atoms with Crippen molar-refractivity contribution in [2.24, 2.45) is 5.10 Å². The van der Waals surface area contributed by atoms with Crippen LogP contribution in [0.15, 0.2) is 82.4 Å². The number of anilines is 1. The molecule has 0 bridgehead atoms. The Kier molecular flexibility index (Phi) is 8.31. The van der Waals surface area contributed by atoms with Crippen molar-refractivity contribution >= 4 is 45.6 Å². The minimum atomic E-state index is -0.907. The Morgan fingerprint density at radius 2 is 1.52 bits per heavy atom. The van der Waals surface area contributed by atoms with E-state index in [2.05, 4.69) is 31.8 Å². The van der Waals surface area contributed by atoms with Crippen LogP contribution in [-0.4, -0.2) is 30.6 Å². The second-order valence-electron chi connectivity index (χ2n) is 6.58. The normalized spacial score (nSPS) is 10.5. The van der Waals surface area contributed by atoms with Crippen LogP contribution in [0.1, 0.15) is 22.8 Å². The lowest BCUT2D eigenvalue weighted by Crippen LogP contribution is -2.32. The molecule has 168 valence electrons. The standard InChI is InChI=1S/C24H20BrN3O5/c1-2-32-20-13-5-17(6-14-20)24(31)33-21-11-3-16(4-12-21)15-26-28-23(30)22(29)27-19-9-7-18(25)8-10-19/h3-15H,2H2,1H3,(H,27,29)(H,28,30). The molecular weight excluding hydrogens is 490 g/mol. The van der Waals surface area contributed by atoms with Gasteiger partial charge in [0.25, 0.3) is 0 Å². The van der Waals surface area contributed by atoms with Gasteiger partial charge in [0.05, 0.1) is 18.4 Å². The monoisotopic (exact) mass is 509 g/mol. The molecule has 0 atom stereocenters. The van der Waals surface area contributed by atoms with Crippen LogP contribution in [0, 0.1) is 0 Å². The summed E-state index contributed by atoms with van der Waals surface area (Å²) in [5.41, 5.74) is 3.67. The molecule has 0 aliphatic carbocycles. The molecule has 8 nitrogen and oxygen atoms in total. The summed E-state index contributed by atoms with van der Waals surface area (Å²) in [6.45, 7) is 2.43. The molecule has 3 aromatic rings. The number of carbonyl (C=O) groups is 3. The second-order valence-corrected chi connectivity index (χ2v) is 7.49. The minimum absolute atomic E-state index is 0.351. The molecule has 3 rings (SSSR count). The van der Waals surface area contributed by atoms with Crippen LogP contribution >= 0.6 is 15.9 Å². The van der Waals surface area contributed by atoms with Crippen molar-refractivity contribution in [3.05, 3.63) is 88.4 Å². The fraction of sp³-hybridized carbons (Fsp3) is 0.0833. The van der Waals surface area contributed by atoms with Gasteiger partial charge in [-0.05, 0) is 85.3 Å². The highest BCUT2D eigenvalue weighted by molar-refractivity contribution is 9.10. The number of halogens is 1. The van der Waals surface area contributed by atoms with E-state index in [9.17, 15) is 14.4 Å². The molecule has 0 heterocycles. The Bertz CT molecular complexity index is 1140. The predicted molar refractivity (Wildman–Crippen MR) is 128 cm³/mol. The first-order chi connectivity index (χ1) is 15.9. The van der Waals surface area contributed by atoms with E-state index in [1.54, 1.807) is 72.8 Å². The molecule has 0 unspecified atom stereocenters. The van der Waals surface area contributed by atoms with E-state index in [0.717, 1.165) is 4.47 Å². The van der Waals surface area contributed by atoms with Gasteiger partial charge in [0.2, 0.25) is 0 Å². The largest absolute Gasteiger partial charge is 0.494 e. The number of hydrazone groups is 1. The minimum Gasteiger partial charge on any atom is -0.494 e. The third-order valence-corrected chi connectivity index (χ3v) is 4.71. The van der Waals surface area contributed by atoms with Gasteiger partial charge in [0.15, 0.2) is 0 Å². The van der Waals surface area contributed by atoms with Gasteiger partial charge in [-0.1, -0.05) is 15.9 Å². The van der Waals surface area contributed by atoms with Crippen LogP contribution in [0.2, 0.25) is 0 Å². The molecule has 2 amide bonds. The first-order valence-corrected chi connectivity index (χ1v) is 10.7. The van der Waals surface area contributed by atoms with E-state index >= 15 is 0 Å².